The predicted molar refractivity (Wildman–Crippen MR) is 105 cm³/mol. The topological polar surface area (TPSA) is 55.8 Å². The maximum atomic E-state index is 13.0. The Morgan fingerprint density at radius 3 is 2.40 bits per heavy atom. The van der Waals surface area contributed by atoms with Crippen LogP contribution in [0.15, 0.2) is 54.6 Å². The van der Waals surface area contributed by atoms with Crippen molar-refractivity contribution < 1.29 is 27.8 Å². The molecule has 2 saturated heterocycles. The van der Waals surface area contributed by atoms with Crippen molar-refractivity contribution in [1.29, 1.82) is 0 Å². The van der Waals surface area contributed by atoms with Gasteiger partial charge in [-0.3, -0.25) is 9.69 Å². The van der Waals surface area contributed by atoms with E-state index in [1.54, 1.807) is 11.0 Å². The molecule has 0 radical (unpaired) electrons. The van der Waals surface area contributed by atoms with E-state index in [0.29, 0.717) is 26.1 Å². The number of rotatable bonds is 5. The largest absolute Gasteiger partial charge is 0.445 e. The molecule has 2 aromatic rings. The summed E-state index contributed by atoms with van der Waals surface area (Å²) in [6, 6.07) is 14.5. The monoisotopic (exact) mass is 415 g/mol. The van der Waals surface area contributed by atoms with Gasteiger partial charge in [0.1, 0.15) is 6.61 Å². The molecular weight excluding hydrogens is 392 g/mol. The summed E-state index contributed by atoms with van der Waals surface area (Å²) in [5, 5.41) is 0. The van der Waals surface area contributed by atoms with Crippen LogP contribution in [0, 0.1) is 5.92 Å². The Kier molecular flexibility index (Phi) is 6.08. The predicted octanol–water partition coefficient (Wildman–Crippen LogP) is 4.62. The molecule has 2 aromatic carbocycles. The van der Waals surface area contributed by atoms with E-state index in [0.717, 1.165) is 5.56 Å². The van der Waals surface area contributed by atoms with E-state index in [-0.39, 0.29) is 41.5 Å². The fraction of sp³-hybridized carbons (Fsp3) is 0.391. The summed E-state index contributed by atoms with van der Waals surface area (Å²) in [7, 11) is 0. The van der Waals surface area contributed by atoms with E-state index >= 15 is 0 Å². The van der Waals surface area contributed by atoms with Gasteiger partial charge in [0.2, 0.25) is 0 Å². The van der Waals surface area contributed by atoms with Crippen molar-refractivity contribution >= 4 is 11.9 Å². The van der Waals surface area contributed by atoms with Gasteiger partial charge in [-0.1, -0.05) is 48.5 Å². The first-order valence-corrected chi connectivity index (χ1v) is 10.0. The standard InChI is InChI=1S/C23H23F2NO4/c24-22(25)17-8-4-7-16(9-17)21(27)18-10-19-13-29-14-20(11-18)26(19)23(28)30-12-15-5-2-1-3-6-15/h1-9,18-20,22H,10-14H2. The van der Waals surface area contributed by atoms with Gasteiger partial charge in [0.25, 0.3) is 6.43 Å². The first kappa shape index (κ1) is 20.5. The Morgan fingerprint density at radius 1 is 1.03 bits per heavy atom. The molecule has 0 saturated carbocycles. The van der Waals surface area contributed by atoms with Crippen LogP contribution in [0.5, 0.6) is 0 Å². The van der Waals surface area contributed by atoms with Gasteiger partial charge in [-0.25, -0.2) is 13.6 Å². The van der Waals surface area contributed by atoms with Crippen LogP contribution in [0.4, 0.5) is 13.6 Å². The van der Waals surface area contributed by atoms with Crippen LogP contribution < -0.4 is 0 Å². The third-order valence-corrected chi connectivity index (χ3v) is 5.73. The molecule has 2 unspecified atom stereocenters. The molecule has 5 nitrogen and oxygen atoms in total. The van der Waals surface area contributed by atoms with Crippen molar-refractivity contribution in [1.82, 2.24) is 4.90 Å². The van der Waals surface area contributed by atoms with E-state index in [9.17, 15) is 18.4 Å². The SMILES string of the molecule is O=C(c1cccc(C(F)F)c1)C1CC2COCC(C1)N2C(=O)OCc1ccccc1. The molecule has 2 atom stereocenters. The zero-order valence-corrected chi connectivity index (χ0v) is 16.4. The molecule has 2 fully saturated rings. The van der Waals surface area contributed by atoms with Gasteiger partial charge in [0.05, 0.1) is 25.3 Å². The maximum absolute atomic E-state index is 13.0. The molecule has 0 aliphatic carbocycles. The van der Waals surface area contributed by atoms with E-state index in [1.807, 2.05) is 30.3 Å². The first-order valence-electron chi connectivity index (χ1n) is 10.0. The third kappa shape index (κ3) is 4.36. The van der Waals surface area contributed by atoms with Crippen molar-refractivity contribution in [3.05, 3.63) is 71.3 Å². The number of benzene rings is 2. The summed E-state index contributed by atoms with van der Waals surface area (Å²) in [6.07, 6.45) is -2.18. The Balaban J connectivity index is 1.43. The average molecular weight is 415 g/mol. The van der Waals surface area contributed by atoms with Crippen LogP contribution in [-0.2, 0) is 16.1 Å². The van der Waals surface area contributed by atoms with E-state index < -0.39 is 12.5 Å². The number of ether oxygens (including phenoxy) is 2. The second kappa shape index (κ2) is 8.92. The molecule has 2 aliphatic rings. The number of carbonyl (C=O) groups is 2. The number of piperidine rings is 1. The quantitative estimate of drug-likeness (QED) is 0.669. The van der Waals surface area contributed by atoms with Gasteiger partial charge in [-0.15, -0.1) is 0 Å². The number of morpholine rings is 1. The maximum Gasteiger partial charge on any atom is 0.410 e. The number of Topliss-reactive ketones (excluding diaryl/α,β-unsaturated/α-hetero) is 1. The number of ketones is 1. The van der Waals surface area contributed by atoms with Crippen LogP contribution in [0.2, 0.25) is 0 Å². The van der Waals surface area contributed by atoms with E-state index in [4.69, 9.17) is 9.47 Å². The molecule has 1 amide bonds. The molecule has 158 valence electrons. The molecule has 2 heterocycles. The Bertz CT molecular complexity index is 891. The van der Waals surface area contributed by atoms with Gasteiger partial charge in [0.15, 0.2) is 5.78 Å². The number of halogens is 2. The number of alkyl halides is 2. The Labute approximate surface area is 173 Å². The number of hydrogen-bond donors (Lipinski definition) is 0. The molecule has 0 aromatic heterocycles. The number of nitrogens with zero attached hydrogens (tertiary/aromatic N) is 1. The highest BCUT2D eigenvalue weighted by molar-refractivity contribution is 5.98. The summed E-state index contributed by atoms with van der Waals surface area (Å²) in [5.41, 5.74) is 1.03. The molecule has 0 spiro atoms. The summed E-state index contributed by atoms with van der Waals surface area (Å²) >= 11 is 0. The lowest BCUT2D eigenvalue weighted by Gasteiger charge is -2.47. The number of carbonyl (C=O) groups excluding carboxylic acids is 2. The minimum atomic E-state index is -2.62. The van der Waals surface area contributed by atoms with Gasteiger partial charge < -0.3 is 9.47 Å². The molecular formula is C23H23F2NO4. The van der Waals surface area contributed by atoms with Crippen LogP contribution in [0.25, 0.3) is 0 Å². The summed E-state index contributed by atoms with van der Waals surface area (Å²) in [6.45, 7) is 0.842. The van der Waals surface area contributed by atoms with E-state index in [1.165, 1.54) is 18.2 Å². The van der Waals surface area contributed by atoms with Gasteiger partial charge in [-0.05, 0) is 24.5 Å². The Morgan fingerprint density at radius 2 is 1.73 bits per heavy atom. The highest BCUT2D eigenvalue weighted by Gasteiger charge is 2.44. The molecule has 2 bridgehead atoms. The fourth-order valence-electron chi connectivity index (χ4n) is 4.28. The van der Waals surface area contributed by atoms with Crippen molar-refractivity contribution in [2.24, 2.45) is 5.92 Å². The molecule has 2 aliphatic heterocycles. The number of hydrogen-bond acceptors (Lipinski definition) is 4. The normalized spacial score (nSPS) is 23.3. The van der Waals surface area contributed by atoms with Gasteiger partial charge >= 0.3 is 6.09 Å². The van der Waals surface area contributed by atoms with Crippen LogP contribution >= 0.6 is 0 Å². The summed E-state index contributed by atoms with van der Waals surface area (Å²) < 4.78 is 37.1. The highest BCUT2D eigenvalue weighted by atomic mass is 19.3. The molecule has 4 rings (SSSR count). The van der Waals surface area contributed by atoms with Crippen molar-refractivity contribution in [2.45, 2.75) is 38.0 Å². The van der Waals surface area contributed by atoms with Crippen molar-refractivity contribution in [3.63, 3.8) is 0 Å². The lowest BCUT2D eigenvalue weighted by molar-refractivity contribution is -0.0755. The molecule has 7 heteroatoms. The number of fused-ring (bicyclic) bond motifs is 2. The minimum Gasteiger partial charge on any atom is -0.445 e. The fourth-order valence-corrected chi connectivity index (χ4v) is 4.28. The lowest BCUT2D eigenvalue weighted by Crippen LogP contribution is -2.59. The highest BCUT2D eigenvalue weighted by Crippen LogP contribution is 2.34. The average Bonchev–Trinajstić information content (AvgIpc) is 2.76. The van der Waals surface area contributed by atoms with Crippen LogP contribution in [0.3, 0.4) is 0 Å². The van der Waals surface area contributed by atoms with Crippen molar-refractivity contribution in [3.8, 4) is 0 Å². The third-order valence-electron chi connectivity index (χ3n) is 5.73. The van der Waals surface area contributed by atoms with Crippen LogP contribution in [-0.4, -0.2) is 42.1 Å². The smallest absolute Gasteiger partial charge is 0.410 e. The lowest BCUT2D eigenvalue weighted by atomic mass is 9.80. The minimum absolute atomic E-state index is 0.160. The molecule has 0 N–H and O–H groups in total. The van der Waals surface area contributed by atoms with Crippen LogP contribution in [0.1, 0.15) is 40.8 Å². The van der Waals surface area contributed by atoms with E-state index in [2.05, 4.69) is 0 Å². The summed E-state index contributed by atoms with van der Waals surface area (Å²) in [5.74, 6) is -0.498. The van der Waals surface area contributed by atoms with Crippen molar-refractivity contribution in [2.75, 3.05) is 13.2 Å². The zero-order valence-electron chi connectivity index (χ0n) is 16.4. The second-order valence-electron chi connectivity index (χ2n) is 7.75. The van der Waals surface area contributed by atoms with Gasteiger partial charge in [0, 0.05) is 17.0 Å². The molecule has 30 heavy (non-hydrogen) atoms. The Hall–Kier alpha value is -2.80. The second-order valence-corrected chi connectivity index (χ2v) is 7.75. The summed E-state index contributed by atoms with van der Waals surface area (Å²) in [4.78, 5) is 27.4. The zero-order chi connectivity index (χ0) is 21.1. The van der Waals surface area contributed by atoms with Gasteiger partial charge in [-0.2, -0.15) is 0 Å². The first-order chi connectivity index (χ1) is 14.5. The number of amides is 1.